The van der Waals surface area contributed by atoms with Gasteiger partial charge in [-0.15, -0.1) is 5.10 Å². The molecule has 1 saturated carbocycles. The summed E-state index contributed by atoms with van der Waals surface area (Å²) in [5.41, 5.74) is 1.82. The van der Waals surface area contributed by atoms with Crippen LogP contribution in [0.2, 0.25) is 0 Å². The van der Waals surface area contributed by atoms with E-state index in [9.17, 15) is 13.6 Å². The molecular formula is C20H17F2N5O2. The number of amides is 1. The number of benzene rings is 2. The lowest BCUT2D eigenvalue weighted by molar-refractivity contribution is -0.111. The van der Waals surface area contributed by atoms with Gasteiger partial charge < -0.3 is 10.1 Å². The lowest BCUT2D eigenvalue weighted by atomic mass is 10.1. The van der Waals surface area contributed by atoms with Crippen molar-refractivity contribution in [3.63, 3.8) is 0 Å². The molecule has 0 unspecified atom stereocenters. The fourth-order valence-corrected chi connectivity index (χ4v) is 2.82. The van der Waals surface area contributed by atoms with Crippen LogP contribution in [0.5, 0.6) is 5.75 Å². The molecule has 0 spiro atoms. The second kappa shape index (κ2) is 8.17. The van der Waals surface area contributed by atoms with Crippen molar-refractivity contribution in [3.8, 4) is 17.1 Å². The number of ether oxygens (including phenoxy) is 1. The second-order valence-corrected chi connectivity index (χ2v) is 6.49. The minimum absolute atomic E-state index is 0.00397. The zero-order valence-electron chi connectivity index (χ0n) is 15.2. The highest BCUT2D eigenvalue weighted by Crippen LogP contribution is 2.36. The van der Waals surface area contributed by atoms with Crippen molar-refractivity contribution in [2.45, 2.75) is 25.5 Å². The van der Waals surface area contributed by atoms with Crippen molar-refractivity contribution in [1.29, 1.82) is 0 Å². The number of anilines is 1. The molecule has 1 heterocycles. The van der Waals surface area contributed by atoms with Crippen LogP contribution in [0.3, 0.4) is 0 Å². The van der Waals surface area contributed by atoms with Crippen LogP contribution in [0.1, 0.15) is 24.4 Å². The summed E-state index contributed by atoms with van der Waals surface area (Å²) >= 11 is 0. The molecule has 29 heavy (non-hydrogen) atoms. The summed E-state index contributed by atoms with van der Waals surface area (Å²) in [6.45, 7) is -2.93. The smallest absolute Gasteiger partial charge is 0.387 e. The first kappa shape index (κ1) is 18.7. The van der Waals surface area contributed by atoms with Gasteiger partial charge in [-0.2, -0.15) is 8.78 Å². The molecule has 1 N–H and O–H groups in total. The molecular weight excluding hydrogens is 380 g/mol. The summed E-state index contributed by atoms with van der Waals surface area (Å²) in [5.74, 6) is 0.303. The van der Waals surface area contributed by atoms with Gasteiger partial charge in [-0.05, 0) is 59.7 Å². The molecule has 4 rings (SSSR count). The number of rotatable bonds is 7. The van der Waals surface area contributed by atoms with E-state index < -0.39 is 12.5 Å². The normalized spacial score (nSPS) is 13.8. The van der Waals surface area contributed by atoms with E-state index in [0.29, 0.717) is 23.1 Å². The van der Waals surface area contributed by atoms with Gasteiger partial charge in [0.15, 0.2) is 5.82 Å². The number of carbonyl (C=O) groups excluding carboxylic acids is 1. The average molecular weight is 397 g/mol. The van der Waals surface area contributed by atoms with Crippen LogP contribution in [0.25, 0.3) is 17.5 Å². The maximum Gasteiger partial charge on any atom is 0.387 e. The summed E-state index contributed by atoms with van der Waals surface area (Å²) in [5, 5.41) is 14.5. The number of para-hydroxylation sites is 1. The molecule has 7 nitrogen and oxygen atoms in total. The summed E-state index contributed by atoms with van der Waals surface area (Å²) in [6.07, 6.45) is 4.83. The first-order valence-corrected chi connectivity index (χ1v) is 9.01. The van der Waals surface area contributed by atoms with Gasteiger partial charge in [-0.1, -0.05) is 18.2 Å². The second-order valence-electron chi connectivity index (χ2n) is 6.49. The van der Waals surface area contributed by atoms with Crippen molar-refractivity contribution in [2.24, 2.45) is 0 Å². The van der Waals surface area contributed by atoms with E-state index in [1.54, 1.807) is 30.3 Å². The molecule has 0 bridgehead atoms. The van der Waals surface area contributed by atoms with E-state index in [-0.39, 0.29) is 5.75 Å². The Morgan fingerprint density at radius 3 is 2.66 bits per heavy atom. The summed E-state index contributed by atoms with van der Waals surface area (Å²) in [4.78, 5) is 12.2. The predicted octanol–water partition coefficient (Wildman–Crippen LogP) is 3.93. The highest BCUT2D eigenvalue weighted by Gasteiger charge is 2.28. The molecule has 1 aliphatic carbocycles. The van der Waals surface area contributed by atoms with E-state index in [4.69, 9.17) is 0 Å². The number of halogens is 2. The first-order valence-electron chi connectivity index (χ1n) is 9.01. The SMILES string of the molecule is O=C(/C=C/c1ccccc1OC(F)F)Nc1ccc(-c2nnnn2C2CC2)cc1. The van der Waals surface area contributed by atoms with Gasteiger partial charge in [-0.25, -0.2) is 4.68 Å². The molecule has 1 fully saturated rings. The van der Waals surface area contributed by atoms with Crippen molar-refractivity contribution >= 4 is 17.7 Å². The monoisotopic (exact) mass is 397 g/mol. The number of hydrogen-bond donors (Lipinski definition) is 1. The molecule has 0 radical (unpaired) electrons. The van der Waals surface area contributed by atoms with Gasteiger partial charge >= 0.3 is 6.61 Å². The Hall–Kier alpha value is -3.62. The number of aromatic nitrogens is 4. The lowest BCUT2D eigenvalue weighted by Crippen LogP contribution is -2.08. The zero-order valence-corrected chi connectivity index (χ0v) is 15.2. The largest absolute Gasteiger partial charge is 0.434 e. The topological polar surface area (TPSA) is 81.9 Å². The van der Waals surface area contributed by atoms with Crippen LogP contribution in [0, 0.1) is 0 Å². The van der Waals surface area contributed by atoms with Crippen molar-refractivity contribution < 1.29 is 18.3 Å². The minimum Gasteiger partial charge on any atom is -0.434 e. The fraction of sp³-hybridized carbons (Fsp3) is 0.200. The Balaban J connectivity index is 1.41. The Morgan fingerprint density at radius 2 is 1.93 bits per heavy atom. The molecule has 3 aromatic rings. The predicted molar refractivity (Wildman–Crippen MR) is 102 cm³/mol. The Kier molecular flexibility index (Phi) is 5.28. The molecule has 0 atom stereocenters. The summed E-state index contributed by atoms with van der Waals surface area (Å²) < 4.78 is 31.2. The first-order chi connectivity index (χ1) is 14.1. The number of nitrogens with one attached hydrogen (secondary N) is 1. The molecule has 148 valence electrons. The Bertz CT molecular complexity index is 1030. The third-order valence-corrected chi connectivity index (χ3v) is 4.35. The van der Waals surface area contributed by atoms with E-state index in [1.165, 1.54) is 18.2 Å². The molecule has 1 aromatic heterocycles. The number of tetrazole rings is 1. The van der Waals surface area contributed by atoms with Crippen LogP contribution in [0.4, 0.5) is 14.5 Å². The Labute approximate surface area is 165 Å². The molecule has 2 aromatic carbocycles. The van der Waals surface area contributed by atoms with E-state index in [2.05, 4.69) is 25.6 Å². The molecule has 0 saturated heterocycles. The van der Waals surface area contributed by atoms with E-state index in [1.807, 2.05) is 16.8 Å². The highest BCUT2D eigenvalue weighted by molar-refractivity contribution is 6.02. The molecule has 0 aliphatic heterocycles. The Morgan fingerprint density at radius 1 is 1.17 bits per heavy atom. The van der Waals surface area contributed by atoms with Crippen LogP contribution >= 0.6 is 0 Å². The summed E-state index contributed by atoms with van der Waals surface area (Å²) in [7, 11) is 0. The zero-order chi connectivity index (χ0) is 20.2. The van der Waals surface area contributed by atoms with Crippen LogP contribution in [0.15, 0.2) is 54.6 Å². The number of carbonyl (C=O) groups is 1. The molecule has 1 aliphatic rings. The van der Waals surface area contributed by atoms with Gasteiger partial charge in [0, 0.05) is 22.9 Å². The van der Waals surface area contributed by atoms with Crippen LogP contribution in [-0.4, -0.2) is 32.7 Å². The van der Waals surface area contributed by atoms with Gasteiger partial charge in [0.2, 0.25) is 5.91 Å². The van der Waals surface area contributed by atoms with Gasteiger partial charge in [0.25, 0.3) is 0 Å². The number of hydrogen-bond acceptors (Lipinski definition) is 5. The van der Waals surface area contributed by atoms with Crippen molar-refractivity contribution in [3.05, 3.63) is 60.2 Å². The van der Waals surface area contributed by atoms with Gasteiger partial charge in [0.1, 0.15) is 5.75 Å². The lowest BCUT2D eigenvalue weighted by Gasteiger charge is -2.07. The van der Waals surface area contributed by atoms with Crippen molar-refractivity contribution in [2.75, 3.05) is 5.32 Å². The molecule has 9 heteroatoms. The van der Waals surface area contributed by atoms with Crippen LogP contribution in [-0.2, 0) is 4.79 Å². The minimum atomic E-state index is -2.93. The molecule has 1 amide bonds. The quantitative estimate of drug-likeness (QED) is 0.611. The average Bonchev–Trinajstić information content (AvgIpc) is 3.44. The van der Waals surface area contributed by atoms with Crippen LogP contribution < -0.4 is 10.1 Å². The standard InChI is InChI=1S/C20H17F2N5O2/c21-20(22)29-17-4-2-1-3-13(17)7-12-18(28)23-15-8-5-14(6-9-15)19-24-25-26-27(19)16-10-11-16/h1-9,12,16,20H,10-11H2,(H,23,28)/b12-7+. The number of alkyl halides is 2. The maximum absolute atomic E-state index is 12.5. The summed E-state index contributed by atoms with van der Waals surface area (Å²) in [6, 6.07) is 13.8. The maximum atomic E-state index is 12.5. The third-order valence-electron chi connectivity index (χ3n) is 4.35. The highest BCUT2D eigenvalue weighted by atomic mass is 19.3. The van der Waals surface area contributed by atoms with E-state index >= 15 is 0 Å². The number of nitrogens with zero attached hydrogens (tertiary/aromatic N) is 4. The fourth-order valence-electron chi connectivity index (χ4n) is 2.82. The van der Waals surface area contributed by atoms with Gasteiger partial charge in [0.05, 0.1) is 6.04 Å². The third kappa shape index (κ3) is 4.63. The van der Waals surface area contributed by atoms with E-state index in [0.717, 1.165) is 18.4 Å². The van der Waals surface area contributed by atoms with Gasteiger partial charge in [-0.3, -0.25) is 4.79 Å². The van der Waals surface area contributed by atoms with Crippen molar-refractivity contribution in [1.82, 2.24) is 20.2 Å².